The maximum absolute atomic E-state index is 9.49. The Hall–Kier alpha value is -1.66. The average Bonchev–Trinajstić information content (AvgIpc) is 2.71. The van der Waals surface area contributed by atoms with E-state index >= 15 is 0 Å². The van der Waals surface area contributed by atoms with Crippen LogP contribution in [-0.4, -0.2) is 46.1 Å². The summed E-state index contributed by atoms with van der Waals surface area (Å²) in [6.07, 6.45) is 1.28. The third-order valence-electron chi connectivity index (χ3n) is 2.41. The standard InChI is InChI=1S/C11H16N4O2/c1-8-4-3-5-15-10(8)13-11(14-15)12-6-9(16)7-17-2/h3-5,9,16H,6-7H2,1-2H3,(H,12,14). The van der Waals surface area contributed by atoms with Crippen LogP contribution in [0.5, 0.6) is 0 Å². The second-order valence-electron chi connectivity index (χ2n) is 3.88. The van der Waals surface area contributed by atoms with Crippen LogP contribution in [0.1, 0.15) is 5.56 Å². The number of fused-ring (bicyclic) bond motifs is 1. The second kappa shape index (κ2) is 5.11. The zero-order valence-electron chi connectivity index (χ0n) is 9.92. The van der Waals surface area contributed by atoms with E-state index in [0.29, 0.717) is 19.1 Å². The molecule has 1 unspecified atom stereocenters. The van der Waals surface area contributed by atoms with Crippen molar-refractivity contribution in [3.63, 3.8) is 0 Å². The van der Waals surface area contributed by atoms with Gasteiger partial charge in [0, 0.05) is 19.9 Å². The number of methoxy groups -OCH3 is 1. The highest BCUT2D eigenvalue weighted by molar-refractivity contribution is 5.49. The van der Waals surface area contributed by atoms with Gasteiger partial charge in [0.1, 0.15) is 0 Å². The Balaban J connectivity index is 2.07. The van der Waals surface area contributed by atoms with E-state index in [9.17, 15) is 5.11 Å². The van der Waals surface area contributed by atoms with Crippen molar-refractivity contribution in [2.75, 3.05) is 25.6 Å². The largest absolute Gasteiger partial charge is 0.389 e. The molecule has 0 saturated carbocycles. The molecule has 0 saturated heterocycles. The number of aryl methyl sites for hydroxylation is 1. The van der Waals surface area contributed by atoms with Crippen LogP contribution in [0.2, 0.25) is 0 Å². The van der Waals surface area contributed by atoms with Crippen molar-refractivity contribution in [3.8, 4) is 0 Å². The molecule has 17 heavy (non-hydrogen) atoms. The van der Waals surface area contributed by atoms with Crippen molar-refractivity contribution in [1.29, 1.82) is 0 Å². The molecule has 2 rings (SSSR count). The fraction of sp³-hybridized carbons (Fsp3) is 0.455. The summed E-state index contributed by atoms with van der Waals surface area (Å²) in [4.78, 5) is 4.33. The van der Waals surface area contributed by atoms with E-state index < -0.39 is 6.10 Å². The minimum absolute atomic E-state index is 0.291. The van der Waals surface area contributed by atoms with Gasteiger partial charge in [-0.1, -0.05) is 6.07 Å². The van der Waals surface area contributed by atoms with Crippen molar-refractivity contribution in [1.82, 2.24) is 14.6 Å². The average molecular weight is 236 g/mol. The van der Waals surface area contributed by atoms with Gasteiger partial charge < -0.3 is 15.2 Å². The lowest BCUT2D eigenvalue weighted by Crippen LogP contribution is -2.24. The fourth-order valence-corrected chi connectivity index (χ4v) is 1.57. The van der Waals surface area contributed by atoms with Gasteiger partial charge in [0.15, 0.2) is 5.65 Å². The third-order valence-corrected chi connectivity index (χ3v) is 2.41. The molecule has 1 atom stereocenters. The van der Waals surface area contributed by atoms with Gasteiger partial charge in [-0.05, 0) is 18.6 Å². The first-order valence-electron chi connectivity index (χ1n) is 5.43. The highest BCUT2D eigenvalue weighted by atomic mass is 16.5. The topological polar surface area (TPSA) is 71.7 Å². The van der Waals surface area contributed by atoms with Crippen molar-refractivity contribution in [3.05, 3.63) is 23.9 Å². The molecule has 0 aliphatic rings. The molecule has 0 aliphatic carbocycles. The molecular weight excluding hydrogens is 220 g/mol. The number of aromatic nitrogens is 3. The molecule has 0 aliphatic heterocycles. The lowest BCUT2D eigenvalue weighted by atomic mass is 10.3. The molecule has 0 fully saturated rings. The number of nitrogens with zero attached hydrogens (tertiary/aromatic N) is 3. The Morgan fingerprint density at radius 1 is 1.59 bits per heavy atom. The highest BCUT2D eigenvalue weighted by Gasteiger charge is 2.07. The summed E-state index contributed by atoms with van der Waals surface area (Å²) in [5, 5.41) is 16.7. The Bertz CT molecular complexity index is 497. The van der Waals surface area contributed by atoms with E-state index in [0.717, 1.165) is 11.2 Å². The number of anilines is 1. The van der Waals surface area contributed by atoms with E-state index in [-0.39, 0.29) is 0 Å². The fourth-order valence-electron chi connectivity index (χ4n) is 1.57. The zero-order valence-corrected chi connectivity index (χ0v) is 9.92. The van der Waals surface area contributed by atoms with Gasteiger partial charge in [-0.15, -0.1) is 5.10 Å². The molecule has 2 heterocycles. The number of ether oxygens (including phenoxy) is 1. The molecule has 0 radical (unpaired) electrons. The summed E-state index contributed by atoms with van der Waals surface area (Å²) in [5.74, 6) is 0.509. The predicted octanol–water partition coefficient (Wildman–Crippen LogP) is 0.457. The number of aliphatic hydroxyl groups excluding tert-OH is 1. The van der Waals surface area contributed by atoms with Gasteiger partial charge >= 0.3 is 0 Å². The monoisotopic (exact) mass is 236 g/mol. The summed E-state index contributed by atoms with van der Waals surface area (Å²) >= 11 is 0. The van der Waals surface area contributed by atoms with E-state index in [4.69, 9.17) is 4.74 Å². The molecule has 2 aromatic rings. The lowest BCUT2D eigenvalue weighted by molar-refractivity contribution is 0.0726. The number of hydrogen-bond acceptors (Lipinski definition) is 5. The molecule has 0 spiro atoms. The smallest absolute Gasteiger partial charge is 0.243 e. The van der Waals surface area contributed by atoms with Crippen LogP contribution in [0.15, 0.2) is 18.3 Å². The minimum Gasteiger partial charge on any atom is -0.389 e. The predicted molar refractivity (Wildman–Crippen MR) is 64.1 cm³/mol. The Morgan fingerprint density at radius 2 is 2.41 bits per heavy atom. The molecule has 6 heteroatoms. The first kappa shape index (κ1) is 11.8. The van der Waals surface area contributed by atoms with Gasteiger partial charge in [0.2, 0.25) is 5.95 Å². The van der Waals surface area contributed by atoms with Crippen molar-refractivity contribution >= 4 is 11.6 Å². The maximum atomic E-state index is 9.49. The van der Waals surface area contributed by atoms with Crippen LogP contribution < -0.4 is 5.32 Å². The number of nitrogens with one attached hydrogen (secondary N) is 1. The third kappa shape index (κ3) is 2.72. The molecular formula is C11H16N4O2. The second-order valence-corrected chi connectivity index (χ2v) is 3.88. The molecule has 2 N–H and O–H groups in total. The van der Waals surface area contributed by atoms with Crippen molar-refractivity contribution in [2.24, 2.45) is 0 Å². The van der Waals surface area contributed by atoms with Crippen LogP contribution in [0, 0.1) is 6.92 Å². The Kier molecular flexibility index (Phi) is 3.55. The van der Waals surface area contributed by atoms with Crippen LogP contribution in [0.25, 0.3) is 5.65 Å². The van der Waals surface area contributed by atoms with E-state index in [1.54, 1.807) is 11.6 Å². The molecule has 92 valence electrons. The minimum atomic E-state index is -0.562. The van der Waals surface area contributed by atoms with Crippen LogP contribution in [0.3, 0.4) is 0 Å². The Labute approximate surface area is 99.2 Å². The molecule has 6 nitrogen and oxygen atoms in total. The lowest BCUT2D eigenvalue weighted by Gasteiger charge is -2.08. The first-order chi connectivity index (χ1) is 8.20. The first-order valence-corrected chi connectivity index (χ1v) is 5.43. The zero-order chi connectivity index (χ0) is 12.3. The van der Waals surface area contributed by atoms with Crippen LogP contribution in [-0.2, 0) is 4.74 Å². The van der Waals surface area contributed by atoms with Gasteiger partial charge in [-0.25, -0.2) is 4.52 Å². The van der Waals surface area contributed by atoms with Crippen molar-refractivity contribution in [2.45, 2.75) is 13.0 Å². The summed E-state index contributed by atoms with van der Waals surface area (Å²) in [7, 11) is 1.55. The number of hydrogen-bond donors (Lipinski definition) is 2. The molecule has 0 bridgehead atoms. The van der Waals surface area contributed by atoms with Crippen LogP contribution in [0.4, 0.5) is 5.95 Å². The quantitative estimate of drug-likeness (QED) is 0.789. The van der Waals surface area contributed by atoms with Crippen molar-refractivity contribution < 1.29 is 9.84 Å². The maximum Gasteiger partial charge on any atom is 0.243 e. The Morgan fingerprint density at radius 3 is 3.12 bits per heavy atom. The highest BCUT2D eigenvalue weighted by Crippen LogP contribution is 2.09. The summed E-state index contributed by atoms with van der Waals surface area (Å²) in [6.45, 7) is 2.64. The summed E-state index contributed by atoms with van der Waals surface area (Å²) < 4.78 is 6.54. The SMILES string of the molecule is COCC(O)CNc1nc2c(C)cccn2n1. The van der Waals surface area contributed by atoms with E-state index in [1.165, 1.54) is 0 Å². The number of pyridine rings is 1. The normalized spacial score (nSPS) is 12.9. The van der Waals surface area contributed by atoms with E-state index in [1.807, 2.05) is 25.3 Å². The molecule has 0 amide bonds. The number of aliphatic hydroxyl groups is 1. The molecule has 2 aromatic heterocycles. The summed E-state index contributed by atoms with van der Waals surface area (Å²) in [6, 6.07) is 3.90. The van der Waals surface area contributed by atoms with Crippen LogP contribution >= 0.6 is 0 Å². The van der Waals surface area contributed by atoms with Gasteiger partial charge in [0.25, 0.3) is 0 Å². The molecule has 0 aromatic carbocycles. The van der Waals surface area contributed by atoms with Gasteiger partial charge in [-0.2, -0.15) is 4.98 Å². The number of rotatable bonds is 5. The van der Waals surface area contributed by atoms with E-state index in [2.05, 4.69) is 15.4 Å². The summed E-state index contributed by atoms with van der Waals surface area (Å²) in [5.41, 5.74) is 1.88. The van der Waals surface area contributed by atoms with Gasteiger partial charge in [-0.3, -0.25) is 0 Å². The van der Waals surface area contributed by atoms with Gasteiger partial charge in [0.05, 0.1) is 12.7 Å².